The Morgan fingerprint density at radius 1 is 1.07 bits per heavy atom. The molecule has 0 aliphatic rings. The Morgan fingerprint density at radius 2 is 1.60 bits per heavy atom. The fourth-order valence-corrected chi connectivity index (χ4v) is 1.33. The second kappa shape index (κ2) is 4.67. The summed E-state index contributed by atoms with van der Waals surface area (Å²) in [6, 6.07) is 7.97. The van der Waals surface area contributed by atoms with Crippen molar-refractivity contribution in [3.63, 3.8) is 0 Å². The highest BCUT2D eigenvalue weighted by atomic mass is 16.7. The van der Waals surface area contributed by atoms with Crippen molar-refractivity contribution >= 4 is 0 Å². The van der Waals surface area contributed by atoms with E-state index in [0.717, 1.165) is 5.75 Å². The first-order valence-electron chi connectivity index (χ1n) is 5.28. The monoisotopic (exact) mass is 208 g/mol. The minimum atomic E-state index is -0.229. The van der Waals surface area contributed by atoms with Crippen LogP contribution in [-0.2, 0) is 4.74 Å². The second-order valence-corrected chi connectivity index (χ2v) is 4.73. The lowest BCUT2D eigenvalue weighted by Gasteiger charge is -2.25. The van der Waals surface area contributed by atoms with E-state index in [4.69, 9.17) is 9.47 Å². The van der Waals surface area contributed by atoms with Crippen LogP contribution in [0, 0.1) is 6.92 Å². The first kappa shape index (κ1) is 12.1. The van der Waals surface area contributed by atoms with Crippen LogP contribution in [0.4, 0.5) is 0 Å². The van der Waals surface area contributed by atoms with E-state index in [-0.39, 0.29) is 11.9 Å². The maximum Gasteiger partial charge on any atom is 0.197 e. The predicted molar refractivity (Wildman–Crippen MR) is 62.1 cm³/mol. The van der Waals surface area contributed by atoms with Crippen LogP contribution in [0.2, 0.25) is 0 Å². The fourth-order valence-electron chi connectivity index (χ4n) is 1.33. The van der Waals surface area contributed by atoms with Gasteiger partial charge in [0.05, 0.1) is 5.60 Å². The van der Waals surface area contributed by atoms with E-state index in [2.05, 4.69) is 6.92 Å². The number of aryl methyl sites for hydroxylation is 1. The van der Waals surface area contributed by atoms with Gasteiger partial charge in [-0.25, -0.2) is 0 Å². The third-order valence-electron chi connectivity index (χ3n) is 1.84. The molecule has 0 bridgehead atoms. The van der Waals surface area contributed by atoms with E-state index < -0.39 is 0 Å². The molecule has 0 heterocycles. The average Bonchev–Trinajstić information content (AvgIpc) is 2.05. The number of rotatable bonds is 3. The summed E-state index contributed by atoms with van der Waals surface area (Å²) in [6.07, 6.45) is -0.229. The molecule has 0 N–H and O–H groups in total. The van der Waals surface area contributed by atoms with Gasteiger partial charge in [-0.3, -0.25) is 0 Å². The van der Waals surface area contributed by atoms with Gasteiger partial charge >= 0.3 is 0 Å². The molecule has 1 aromatic carbocycles. The first-order chi connectivity index (χ1) is 6.87. The molecule has 0 saturated carbocycles. The van der Waals surface area contributed by atoms with Crippen LogP contribution in [0.15, 0.2) is 24.3 Å². The zero-order valence-corrected chi connectivity index (χ0v) is 10.2. The van der Waals surface area contributed by atoms with Crippen molar-refractivity contribution in [2.75, 3.05) is 0 Å². The maximum atomic E-state index is 5.65. The van der Waals surface area contributed by atoms with E-state index in [0.29, 0.717) is 0 Å². The van der Waals surface area contributed by atoms with Gasteiger partial charge in [0.1, 0.15) is 5.75 Å². The van der Waals surface area contributed by atoms with Crippen molar-refractivity contribution in [3.05, 3.63) is 29.8 Å². The lowest BCUT2D eigenvalue weighted by Crippen LogP contribution is -2.29. The van der Waals surface area contributed by atoms with Crippen LogP contribution >= 0.6 is 0 Å². The molecular weight excluding hydrogens is 188 g/mol. The molecule has 0 aromatic heterocycles. The van der Waals surface area contributed by atoms with E-state index >= 15 is 0 Å². The Balaban J connectivity index is 2.51. The first-order valence-corrected chi connectivity index (χ1v) is 5.28. The molecule has 1 unspecified atom stereocenters. The van der Waals surface area contributed by atoms with Crippen LogP contribution in [0.5, 0.6) is 5.75 Å². The van der Waals surface area contributed by atoms with Crippen molar-refractivity contribution in [2.24, 2.45) is 0 Å². The Bertz CT molecular complexity index is 295. The third-order valence-corrected chi connectivity index (χ3v) is 1.84. The largest absolute Gasteiger partial charge is 0.465 e. The summed E-state index contributed by atoms with van der Waals surface area (Å²) < 4.78 is 11.3. The van der Waals surface area contributed by atoms with Crippen LogP contribution in [0.3, 0.4) is 0 Å². The Morgan fingerprint density at radius 3 is 2.07 bits per heavy atom. The van der Waals surface area contributed by atoms with Crippen LogP contribution in [0.25, 0.3) is 0 Å². The molecule has 0 aliphatic carbocycles. The van der Waals surface area contributed by atoms with Gasteiger partial charge in [-0.15, -0.1) is 0 Å². The quantitative estimate of drug-likeness (QED) is 0.707. The van der Waals surface area contributed by atoms with Crippen molar-refractivity contribution in [2.45, 2.75) is 46.5 Å². The van der Waals surface area contributed by atoms with Crippen molar-refractivity contribution in [3.8, 4) is 5.75 Å². The highest BCUT2D eigenvalue weighted by Crippen LogP contribution is 2.17. The standard InChI is InChI=1S/C13H20O2/c1-10-6-8-12(9-7-10)14-11(2)15-13(3,4)5/h6-9,11H,1-5H3. The number of ether oxygens (including phenoxy) is 2. The topological polar surface area (TPSA) is 18.5 Å². The predicted octanol–water partition coefficient (Wildman–Crippen LogP) is 3.53. The van der Waals surface area contributed by atoms with Gasteiger partial charge in [0, 0.05) is 0 Å². The van der Waals surface area contributed by atoms with Crippen LogP contribution in [0.1, 0.15) is 33.3 Å². The Hall–Kier alpha value is -1.02. The zero-order valence-electron chi connectivity index (χ0n) is 10.2. The molecule has 0 saturated heterocycles. The molecule has 15 heavy (non-hydrogen) atoms. The van der Waals surface area contributed by atoms with E-state index in [1.165, 1.54) is 5.56 Å². The summed E-state index contributed by atoms with van der Waals surface area (Å²) in [4.78, 5) is 0. The fraction of sp³-hybridized carbons (Fsp3) is 0.538. The number of hydrogen-bond acceptors (Lipinski definition) is 2. The zero-order chi connectivity index (χ0) is 11.5. The van der Waals surface area contributed by atoms with Crippen molar-refractivity contribution < 1.29 is 9.47 Å². The van der Waals surface area contributed by atoms with Gasteiger partial charge in [-0.05, 0) is 46.8 Å². The van der Waals surface area contributed by atoms with Crippen LogP contribution in [-0.4, -0.2) is 11.9 Å². The normalized spacial score (nSPS) is 13.7. The highest BCUT2D eigenvalue weighted by molar-refractivity contribution is 5.26. The molecule has 1 aromatic rings. The molecule has 0 fully saturated rings. The van der Waals surface area contributed by atoms with Crippen molar-refractivity contribution in [1.29, 1.82) is 0 Å². The van der Waals surface area contributed by atoms with Crippen LogP contribution < -0.4 is 4.74 Å². The summed E-state index contributed by atoms with van der Waals surface area (Å²) in [7, 11) is 0. The van der Waals surface area contributed by atoms with Gasteiger partial charge in [-0.2, -0.15) is 0 Å². The van der Waals surface area contributed by atoms with Crippen molar-refractivity contribution in [1.82, 2.24) is 0 Å². The average molecular weight is 208 g/mol. The van der Waals surface area contributed by atoms with E-state index in [1.54, 1.807) is 0 Å². The molecular formula is C13H20O2. The second-order valence-electron chi connectivity index (χ2n) is 4.73. The third kappa shape index (κ3) is 4.84. The molecule has 84 valence electrons. The van der Waals surface area contributed by atoms with Gasteiger partial charge in [0.25, 0.3) is 0 Å². The highest BCUT2D eigenvalue weighted by Gasteiger charge is 2.15. The molecule has 0 aliphatic heterocycles. The molecule has 0 amide bonds. The number of hydrogen-bond donors (Lipinski definition) is 0. The Labute approximate surface area is 92.2 Å². The summed E-state index contributed by atoms with van der Waals surface area (Å²) >= 11 is 0. The summed E-state index contributed by atoms with van der Waals surface area (Å²) in [5, 5.41) is 0. The van der Waals surface area contributed by atoms with Gasteiger partial charge < -0.3 is 9.47 Å². The summed E-state index contributed by atoms with van der Waals surface area (Å²) in [5.74, 6) is 0.845. The molecule has 1 rings (SSSR count). The molecule has 0 radical (unpaired) electrons. The van der Waals surface area contributed by atoms with Gasteiger partial charge in [-0.1, -0.05) is 17.7 Å². The van der Waals surface area contributed by atoms with E-state index in [9.17, 15) is 0 Å². The van der Waals surface area contributed by atoms with Gasteiger partial charge in [0.2, 0.25) is 0 Å². The molecule has 2 heteroatoms. The summed E-state index contributed by atoms with van der Waals surface area (Å²) in [6.45, 7) is 10.0. The minimum Gasteiger partial charge on any atom is -0.465 e. The minimum absolute atomic E-state index is 0.176. The molecule has 0 spiro atoms. The summed E-state index contributed by atoms with van der Waals surface area (Å²) in [5.41, 5.74) is 1.05. The molecule has 1 atom stereocenters. The number of benzene rings is 1. The lowest BCUT2D eigenvalue weighted by atomic mass is 10.2. The smallest absolute Gasteiger partial charge is 0.197 e. The Kier molecular flexibility index (Phi) is 3.75. The van der Waals surface area contributed by atoms with E-state index in [1.807, 2.05) is 52.0 Å². The lowest BCUT2D eigenvalue weighted by molar-refractivity contribution is -0.140. The maximum absolute atomic E-state index is 5.65. The molecule has 2 nitrogen and oxygen atoms in total. The van der Waals surface area contributed by atoms with Gasteiger partial charge in [0.15, 0.2) is 6.29 Å². The SMILES string of the molecule is Cc1ccc(OC(C)OC(C)(C)C)cc1.